The van der Waals surface area contributed by atoms with Crippen LogP contribution >= 0.6 is 0 Å². The molecular formula is C10H19N3O4. The first-order chi connectivity index (χ1) is 8.08. The lowest BCUT2D eigenvalue weighted by atomic mass is 9.97. The van der Waals surface area contributed by atoms with Crippen LogP contribution in [0.1, 0.15) is 12.8 Å². The summed E-state index contributed by atoms with van der Waals surface area (Å²) < 4.78 is 0. The van der Waals surface area contributed by atoms with E-state index in [9.17, 15) is 9.59 Å². The van der Waals surface area contributed by atoms with Crippen molar-refractivity contribution in [1.82, 2.24) is 10.2 Å². The molecule has 0 aliphatic carbocycles. The number of hydrogen-bond acceptors (Lipinski definition) is 4. The van der Waals surface area contributed by atoms with Gasteiger partial charge in [0.05, 0.1) is 25.2 Å². The van der Waals surface area contributed by atoms with Gasteiger partial charge in [0.1, 0.15) is 0 Å². The predicted molar refractivity (Wildman–Crippen MR) is 60.0 cm³/mol. The number of primary amides is 1. The minimum absolute atomic E-state index is 0.260. The maximum Gasteiger partial charge on any atom is 0.314 e. The molecule has 1 unspecified atom stereocenters. The summed E-state index contributed by atoms with van der Waals surface area (Å²) in [6.07, 6.45) is 1.41. The van der Waals surface area contributed by atoms with Crippen molar-refractivity contribution in [3.63, 3.8) is 0 Å². The first-order valence-corrected chi connectivity index (χ1v) is 5.65. The molecule has 7 heteroatoms. The average molecular weight is 245 g/mol. The van der Waals surface area contributed by atoms with E-state index < -0.39 is 12.1 Å². The Morgan fingerprint density at radius 2 is 2.06 bits per heavy atom. The zero-order valence-corrected chi connectivity index (χ0v) is 9.63. The van der Waals surface area contributed by atoms with Gasteiger partial charge < -0.3 is 26.2 Å². The Kier molecular flexibility index (Phi) is 5.17. The third-order valence-corrected chi connectivity index (χ3v) is 2.89. The molecule has 7 nitrogen and oxygen atoms in total. The standard InChI is InChI=1S/C10H19N3O4/c11-10(17)13-3-1-2-7(4-13)9(16)12-8(5-14)6-15/h7-8,14-15H,1-6H2,(H2,11,17)(H,12,16). The van der Waals surface area contributed by atoms with E-state index in [0.29, 0.717) is 19.5 Å². The van der Waals surface area contributed by atoms with Crippen LogP contribution in [-0.4, -0.2) is 59.4 Å². The van der Waals surface area contributed by atoms with E-state index in [1.54, 1.807) is 0 Å². The van der Waals surface area contributed by atoms with E-state index in [1.165, 1.54) is 4.90 Å². The van der Waals surface area contributed by atoms with Crippen LogP contribution in [-0.2, 0) is 4.79 Å². The number of aliphatic hydroxyl groups excluding tert-OH is 2. The molecule has 0 aromatic heterocycles. The summed E-state index contributed by atoms with van der Waals surface area (Å²) in [5, 5.41) is 20.2. The summed E-state index contributed by atoms with van der Waals surface area (Å²) in [6, 6.07) is -1.17. The number of nitrogens with two attached hydrogens (primary N) is 1. The van der Waals surface area contributed by atoms with E-state index in [1.807, 2.05) is 0 Å². The highest BCUT2D eigenvalue weighted by molar-refractivity contribution is 5.80. The molecule has 1 rings (SSSR count). The third-order valence-electron chi connectivity index (χ3n) is 2.89. The lowest BCUT2D eigenvalue weighted by molar-refractivity contribution is -0.127. The summed E-state index contributed by atoms with van der Waals surface area (Å²) in [4.78, 5) is 24.2. The number of carbonyl (C=O) groups excluding carboxylic acids is 2. The molecule has 0 radical (unpaired) electrons. The Hall–Kier alpha value is -1.34. The second kappa shape index (κ2) is 6.41. The Morgan fingerprint density at radius 1 is 1.41 bits per heavy atom. The highest BCUT2D eigenvalue weighted by Crippen LogP contribution is 2.16. The molecule has 5 N–H and O–H groups in total. The van der Waals surface area contributed by atoms with Crippen LogP contribution in [0.25, 0.3) is 0 Å². The van der Waals surface area contributed by atoms with Crippen LogP contribution in [0.2, 0.25) is 0 Å². The molecule has 1 aliphatic rings. The lowest BCUT2D eigenvalue weighted by Gasteiger charge is -2.31. The zero-order chi connectivity index (χ0) is 12.8. The maximum atomic E-state index is 11.8. The summed E-state index contributed by atoms with van der Waals surface area (Å²) in [6.45, 7) is 0.246. The molecular weight excluding hydrogens is 226 g/mol. The van der Waals surface area contributed by atoms with Crippen LogP contribution in [0, 0.1) is 5.92 Å². The second-order valence-electron chi connectivity index (χ2n) is 4.19. The number of nitrogens with zero attached hydrogens (tertiary/aromatic N) is 1. The largest absolute Gasteiger partial charge is 0.394 e. The highest BCUT2D eigenvalue weighted by Gasteiger charge is 2.28. The number of amides is 3. The summed E-state index contributed by atoms with van der Waals surface area (Å²) in [5.74, 6) is -0.582. The number of carbonyl (C=O) groups is 2. The van der Waals surface area contributed by atoms with Crippen molar-refractivity contribution in [1.29, 1.82) is 0 Å². The van der Waals surface area contributed by atoms with Crippen LogP contribution in [0.4, 0.5) is 4.79 Å². The SMILES string of the molecule is NC(=O)N1CCCC(C(=O)NC(CO)CO)C1. The first-order valence-electron chi connectivity index (χ1n) is 5.65. The fourth-order valence-corrected chi connectivity index (χ4v) is 1.86. The number of aliphatic hydroxyl groups is 2. The second-order valence-corrected chi connectivity index (χ2v) is 4.19. The van der Waals surface area contributed by atoms with E-state index >= 15 is 0 Å². The third kappa shape index (κ3) is 3.86. The van der Waals surface area contributed by atoms with Crippen LogP contribution in [0.5, 0.6) is 0 Å². The lowest BCUT2D eigenvalue weighted by Crippen LogP contribution is -2.50. The molecule has 1 atom stereocenters. The number of nitrogens with one attached hydrogen (secondary N) is 1. The number of rotatable bonds is 4. The minimum atomic E-state index is -0.647. The van der Waals surface area contributed by atoms with E-state index in [2.05, 4.69) is 5.32 Å². The maximum absolute atomic E-state index is 11.8. The van der Waals surface area contributed by atoms with Gasteiger partial charge in [-0.15, -0.1) is 0 Å². The first kappa shape index (κ1) is 13.7. The highest BCUT2D eigenvalue weighted by atomic mass is 16.3. The van der Waals surface area contributed by atoms with Gasteiger partial charge in [-0.1, -0.05) is 0 Å². The van der Waals surface area contributed by atoms with Crippen molar-refractivity contribution in [2.75, 3.05) is 26.3 Å². The van der Waals surface area contributed by atoms with Gasteiger partial charge >= 0.3 is 6.03 Å². The number of urea groups is 1. The number of likely N-dealkylation sites (tertiary alicyclic amines) is 1. The molecule has 98 valence electrons. The Labute approximate surface area is 99.6 Å². The van der Waals surface area contributed by atoms with Crippen molar-refractivity contribution >= 4 is 11.9 Å². The van der Waals surface area contributed by atoms with Crippen LogP contribution in [0.15, 0.2) is 0 Å². The van der Waals surface area contributed by atoms with Gasteiger partial charge in [0.25, 0.3) is 0 Å². The summed E-state index contributed by atoms with van der Waals surface area (Å²) in [7, 11) is 0. The number of hydrogen-bond donors (Lipinski definition) is 4. The van der Waals surface area contributed by atoms with Gasteiger partial charge in [-0.2, -0.15) is 0 Å². The molecule has 0 spiro atoms. The minimum Gasteiger partial charge on any atom is -0.394 e. The van der Waals surface area contributed by atoms with Gasteiger partial charge in [-0.3, -0.25) is 4.79 Å². The van der Waals surface area contributed by atoms with Gasteiger partial charge in [0.15, 0.2) is 0 Å². The van der Waals surface area contributed by atoms with E-state index in [0.717, 1.165) is 6.42 Å². The van der Waals surface area contributed by atoms with E-state index in [-0.39, 0.29) is 25.0 Å². The topological polar surface area (TPSA) is 116 Å². The van der Waals surface area contributed by atoms with Crippen LogP contribution in [0.3, 0.4) is 0 Å². The molecule has 1 heterocycles. The van der Waals surface area contributed by atoms with Crippen molar-refractivity contribution in [3.8, 4) is 0 Å². The molecule has 0 aromatic carbocycles. The molecule has 1 fully saturated rings. The van der Waals surface area contributed by atoms with Gasteiger partial charge in [0.2, 0.25) is 5.91 Å². The number of piperidine rings is 1. The van der Waals surface area contributed by atoms with Crippen LogP contribution < -0.4 is 11.1 Å². The average Bonchev–Trinajstić information content (AvgIpc) is 2.35. The van der Waals surface area contributed by atoms with Gasteiger partial charge in [-0.25, -0.2) is 4.79 Å². The molecule has 0 saturated carbocycles. The zero-order valence-electron chi connectivity index (χ0n) is 9.63. The monoisotopic (exact) mass is 245 g/mol. The summed E-state index contributed by atoms with van der Waals surface area (Å²) in [5.41, 5.74) is 5.16. The molecule has 0 aromatic rings. The molecule has 0 bridgehead atoms. The normalized spacial score (nSPS) is 20.4. The van der Waals surface area contributed by atoms with Gasteiger partial charge in [0, 0.05) is 13.1 Å². The smallest absolute Gasteiger partial charge is 0.314 e. The van der Waals surface area contributed by atoms with Gasteiger partial charge in [-0.05, 0) is 12.8 Å². The Balaban J connectivity index is 2.48. The molecule has 1 aliphatic heterocycles. The molecule has 17 heavy (non-hydrogen) atoms. The van der Waals surface area contributed by atoms with Crippen molar-refractivity contribution in [2.45, 2.75) is 18.9 Å². The van der Waals surface area contributed by atoms with Crippen molar-refractivity contribution < 1.29 is 19.8 Å². The van der Waals surface area contributed by atoms with E-state index in [4.69, 9.17) is 15.9 Å². The van der Waals surface area contributed by atoms with Crippen molar-refractivity contribution in [3.05, 3.63) is 0 Å². The predicted octanol–water partition coefficient (Wildman–Crippen LogP) is -1.75. The Morgan fingerprint density at radius 3 is 2.59 bits per heavy atom. The Bertz CT molecular complexity index is 281. The fourth-order valence-electron chi connectivity index (χ4n) is 1.86. The quantitative estimate of drug-likeness (QED) is 0.470. The molecule has 3 amide bonds. The van der Waals surface area contributed by atoms with Crippen molar-refractivity contribution in [2.24, 2.45) is 11.7 Å². The fraction of sp³-hybridized carbons (Fsp3) is 0.800. The summed E-state index contributed by atoms with van der Waals surface area (Å²) >= 11 is 0. The molecule has 1 saturated heterocycles.